The van der Waals surface area contributed by atoms with Gasteiger partial charge in [0.25, 0.3) is 5.91 Å². The Balaban J connectivity index is 1.79. The molecular formula is C18H19ClN6O. The number of nitrogens with zero attached hydrogens (tertiary/aromatic N) is 3. The lowest BCUT2D eigenvalue weighted by Gasteiger charge is -2.14. The number of rotatable bonds is 4. The van der Waals surface area contributed by atoms with Crippen molar-refractivity contribution in [1.29, 1.82) is 0 Å². The number of amides is 1. The number of hydrogen-bond acceptors (Lipinski definition) is 5. The maximum Gasteiger partial charge on any atom is 0.267 e. The van der Waals surface area contributed by atoms with Gasteiger partial charge in [0.2, 0.25) is 0 Å². The number of carbonyl (C=O) groups excluding carboxylic acids is 1. The number of primary amides is 1. The summed E-state index contributed by atoms with van der Waals surface area (Å²) in [5.41, 5.74) is 13.9. The van der Waals surface area contributed by atoms with Gasteiger partial charge in [0.1, 0.15) is 5.69 Å². The highest BCUT2D eigenvalue weighted by Gasteiger charge is 2.24. The summed E-state index contributed by atoms with van der Waals surface area (Å²) in [5.74, 6) is 0.0614. The molecule has 2 aromatic heterocycles. The Morgan fingerprint density at radius 2 is 2.04 bits per heavy atom. The summed E-state index contributed by atoms with van der Waals surface area (Å²) in [6, 6.07) is 7.81. The molecule has 1 aliphatic rings. The molecule has 3 aromatic rings. The highest BCUT2D eigenvalue weighted by atomic mass is 35.5. The maximum atomic E-state index is 11.8. The fourth-order valence-electron chi connectivity index (χ4n) is 3.36. The minimum Gasteiger partial charge on any atom is -0.364 e. The summed E-state index contributed by atoms with van der Waals surface area (Å²) in [7, 11) is 0. The van der Waals surface area contributed by atoms with Crippen molar-refractivity contribution in [1.82, 2.24) is 14.4 Å². The van der Waals surface area contributed by atoms with Crippen LogP contribution < -0.4 is 16.8 Å². The topological polar surface area (TPSA) is 111 Å². The van der Waals surface area contributed by atoms with Crippen LogP contribution in [-0.2, 0) is 0 Å². The smallest absolute Gasteiger partial charge is 0.267 e. The molecule has 1 aliphatic carbocycles. The van der Waals surface area contributed by atoms with Crippen molar-refractivity contribution < 1.29 is 4.79 Å². The molecule has 26 heavy (non-hydrogen) atoms. The van der Waals surface area contributed by atoms with E-state index in [0.29, 0.717) is 22.2 Å². The molecule has 0 saturated heterocycles. The molecule has 1 fully saturated rings. The number of nitrogens with one attached hydrogen (secondary N) is 1. The van der Waals surface area contributed by atoms with Gasteiger partial charge in [0.05, 0.1) is 11.9 Å². The largest absolute Gasteiger partial charge is 0.364 e. The van der Waals surface area contributed by atoms with Gasteiger partial charge < -0.3 is 16.8 Å². The van der Waals surface area contributed by atoms with E-state index in [1.807, 2.05) is 12.1 Å². The third kappa shape index (κ3) is 3.11. The Morgan fingerprint density at radius 3 is 2.69 bits per heavy atom. The molecule has 1 saturated carbocycles. The minimum atomic E-state index is -0.558. The van der Waals surface area contributed by atoms with Gasteiger partial charge in [-0.3, -0.25) is 9.20 Å². The van der Waals surface area contributed by atoms with E-state index in [1.165, 1.54) is 6.20 Å². The lowest BCUT2D eigenvalue weighted by Crippen LogP contribution is -2.22. The third-order valence-corrected chi connectivity index (χ3v) is 4.95. The van der Waals surface area contributed by atoms with E-state index in [4.69, 9.17) is 23.1 Å². The van der Waals surface area contributed by atoms with Gasteiger partial charge in [-0.05, 0) is 31.4 Å². The first-order chi connectivity index (χ1) is 12.5. The summed E-state index contributed by atoms with van der Waals surface area (Å²) < 4.78 is 1.68. The summed E-state index contributed by atoms with van der Waals surface area (Å²) in [5, 5.41) is 4.06. The van der Waals surface area contributed by atoms with Crippen LogP contribution in [0.1, 0.15) is 29.8 Å². The fourth-order valence-corrected chi connectivity index (χ4v) is 3.49. The van der Waals surface area contributed by atoms with Crippen LogP contribution in [0.3, 0.4) is 0 Å². The number of benzene rings is 1. The van der Waals surface area contributed by atoms with Crippen LogP contribution in [0.25, 0.3) is 16.9 Å². The number of halogens is 1. The molecule has 0 bridgehead atoms. The van der Waals surface area contributed by atoms with Crippen LogP contribution in [0.4, 0.5) is 5.82 Å². The van der Waals surface area contributed by atoms with Crippen LogP contribution in [0.5, 0.6) is 0 Å². The molecule has 0 radical (unpaired) electrons. The van der Waals surface area contributed by atoms with Crippen LogP contribution in [-0.4, -0.2) is 32.4 Å². The standard InChI is InChI=1S/C18H19ClN6O/c19-11-3-1-10(2-4-11)14-9-25-15(16(21)26)8-22-17(18(25)24-14)23-13-6-5-12(20)7-13/h1-4,8-9,12-13H,5-7,20H2,(H2,21,26)(H,22,23)/t12-,13+/m0/s1. The lowest BCUT2D eigenvalue weighted by molar-refractivity contribution is 0.0994. The number of aromatic nitrogens is 3. The molecule has 2 atom stereocenters. The van der Waals surface area contributed by atoms with Crippen molar-refractivity contribution in [2.45, 2.75) is 31.3 Å². The number of anilines is 1. The van der Waals surface area contributed by atoms with Crippen molar-refractivity contribution in [3.63, 3.8) is 0 Å². The zero-order valence-electron chi connectivity index (χ0n) is 14.0. The zero-order chi connectivity index (χ0) is 18.3. The second-order valence-corrected chi connectivity index (χ2v) is 7.03. The van der Waals surface area contributed by atoms with Crippen molar-refractivity contribution in [2.24, 2.45) is 11.5 Å². The zero-order valence-corrected chi connectivity index (χ0v) is 14.8. The first-order valence-electron chi connectivity index (χ1n) is 8.47. The second kappa shape index (κ2) is 6.59. The van der Waals surface area contributed by atoms with Gasteiger partial charge in [-0.25, -0.2) is 9.97 Å². The van der Waals surface area contributed by atoms with E-state index in [1.54, 1.807) is 22.7 Å². The van der Waals surface area contributed by atoms with E-state index < -0.39 is 5.91 Å². The molecule has 8 heteroatoms. The number of hydrogen-bond donors (Lipinski definition) is 3. The predicted molar refractivity (Wildman–Crippen MR) is 101 cm³/mol. The van der Waals surface area contributed by atoms with Gasteiger partial charge in [-0.2, -0.15) is 0 Å². The van der Waals surface area contributed by atoms with E-state index in [0.717, 1.165) is 24.8 Å². The van der Waals surface area contributed by atoms with Crippen LogP contribution >= 0.6 is 11.6 Å². The second-order valence-electron chi connectivity index (χ2n) is 6.60. The molecule has 1 aromatic carbocycles. The summed E-state index contributed by atoms with van der Waals surface area (Å²) >= 11 is 5.96. The number of imidazole rings is 1. The van der Waals surface area contributed by atoms with E-state index in [9.17, 15) is 4.79 Å². The Hall–Kier alpha value is -2.64. The van der Waals surface area contributed by atoms with Crippen molar-refractivity contribution >= 4 is 29.0 Å². The molecule has 4 rings (SSSR count). The number of fused-ring (bicyclic) bond motifs is 1. The average Bonchev–Trinajstić information content (AvgIpc) is 3.22. The van der Waals surface area contributed by atoms with Gasteiger partial charge >= 0.3 is 0 Å². The van der Waals surface area contributed by atoms with Gasteiger partial charge in [0.15, 0.2) is 11.5 Å². The van der Waals surface area contributed by atoms with E-state index >= 15 is 0 Å². The minimum absolute atomic E-state index is 0.206. The Kier molecular flexibility index (Phi) is 4.26. The van der Waals surface area contributed by atoms with Gasteiger partial charge in [0, 0.05) is 28.9 Å². The molecule has 2 heterocycles. The molecule has 134 valence electrons. The van der Waals surface area contributed by atoms with Gasteiger partial charge in [-0.15, -0.1) is 0 Å². The van der Waals surface area contributed by atoms with Crippen LogP contribution in [0.15, 0.2) is 36.7 Å². The SMILES string of the molecule is NC(=O)c1cnc(N[C@@H]2CC[C@H](N)C2)c2nc(-c3ccc(Cl)cc3)cn12. The molecule has 1 amide bonds. The summed E-state index contributed by atoms with van der Waals surface area (Å²) in [4.78, 5) is 20.8. The van der Waals surface area contributed by atoms with Crippen molar-refractivity contribution in [3.8, 4) is 11.3 Å². The summed E-state index contributed by atoms with van der Waals surface area (Å²) in [6.45, 7) is 0. The molecule has 0 unspecified atom stereocenters. The first-order valence-corrected chi connectivity index (χ1v) is 8.85. The normalized spacial score (nSPS) is 19.8. The Labute approximate surface area is 155 Å². The average molecular weight is 371 g/mol. The fraction of sp³-hybridized carbons (Fsp3) is 0.278. The van der Waals surface area contributed by atoms with E-state index in [-0.39, 0.29) is 17.8 Å². The number of carbonyl (C=O) groups is 1. The molecule has 0 aliphatic heterocycles. The predicted octanol–water partition coefficient (Wildman–Crippen LogP) is 2.44. The molecule has 7 nitrogen and oxygen atoms in total. The number of nitrogens with two attached hydrogens (primary N) is 2. The molecule has 5 N–H and O–H groups in total. The third-order valence-electron chi connectivity index (χ3n) is 4.70. The Morgan fingerprint density at radius 1 is 1.27 bits per heavy atom. The monoisotopic (exact) mass is 370 g/mol. The first kappa shape index (κ1) is 16.8. The lowest BCUT2D eigenvalue weighted by atomic mass is 10.2. The van der Waals surface area contributed by atoms with Crippen LogP contribution in [0, 0.1) is 0 Å². The highest BCUT2D eigenvalue weighted by Crippen LogP contribution is 2.27. The molecular weight excluding hydrogens is 352 g/mol. The van der Waals surface area contributed by atoms with Crippen molar-refractivity contribution in [2.75, 3.05) is 5.32 Å². The Bertz CT molecular complexity index is 968. The molecule has 0 spiro atoms. The quantitative estimate of drug-likeness (QED) is 0.653. The van der Waals surface area contributed by atoms with E-state index in [2.05, 4.69) is 15.3 Å². The highest BCUT2D eigenvalue weighted by molar-refractivity contribution is 6.30. The maximum absolute atomic E-state index is 11.8. The summed E-state index contributed by atoms with van der Waals surface area (Å²) in [6.07, 6.45) is 6.11. The van der Waals surface area contributed by atoms with Gasteiger partial charge in [-0.1, -0.05) is 23.7 Å². The van der Waals surface area contributed by atoms with Crippen LogP contribution in [0.2, 0.25) is 5.02 Å². The van der Waals surface area contributed by atoms with Crippen molar-refractivity contribution in [3.05, 3.63) is 47.4 Å².